The van der Waals surface area contributed by atoms with Crippen molar-refractivity contribution in [3.05, 3.63) is 48.4 Å². The van der Waals surface area contributed by atoms with Crippen LogP contribution in [0, 0.1) is 0 Å². The number of rotatable bonds is 3. The number of aromatic nitrogens is 4. The molecule has 7 nitrogen and oxygen atoms in total. The van der Waals surface area contributed by atoms with Gasteiger partial charge >= 0.3 is 0 Å². The number of para-hydroxylation sites is 1. The van der Waals surface area contributed by atoms with Gasteiger partial charge in [0.15, 0.2) is 5.65 Å². The van der Waals surface area contributed by atoms with Crippen molar-refractivity contribution >= 4 is 34.2 Å². The van der Waals surface area contributed by atoms with Gasteiger partial charge < -0.3 is 9.40 Å². The molecule has 21 heavy (non-hydrogen) atoms. The van der Waals surface area contributed by atoms with Crippen LogP contribution in [0.4, 0.5) is 5.95 Å². The first kappa shape index (κ1) is 11.6. The molecule has 3 aromatic heterocycles. The van der Waals surface area contributed by atoms with Crippen LogP contribution in [0.5, 0.6) is 0 Å². The molecule has 3 heterocycles. The topological polar surface area (TPSA) is 92.0 Å². The fourth-order valence-electron chi connectivity index (χ4n) is 2.09. The van der Waals surface area contributed by atoms with Gasteiger partial charge in [-0.1, -0.05) is 18.2 Å². The monoisotopic (exact) mass is 278 g/mol. The molecule has 0 aliphatic rings. The molecule has 7 heteroatoms. The minimum Gasteiger partial charge on any atom is -0.463 e. The minimum absolute atomic E-state index is 0.317. The van der Waals surface area contributed by atoms with Gasteiger partial charge in [0.2, 0.25) is 0 Å². The van der Waals surface area contributed by atoms with Gasteiger partial charge in [0.1, 0.15) is 11.3 Å². The Labute approximate surface area is 118 Å². The van der Waals surface area contributed by atoms with Crippen LogP contribution in [0.3, 0.4) is 0 Å². The minimum atomic E-state index is 0.317. The van der Waals surface area contributed by atoms with Gasteiger partial charge in [-0.3, -0.25) is 0 Å². The summed E-state index contributed by atoms with van der Waals surface area (Å²) in [5.41, 5.74) is 5.11. The summed E-state index contributed by atoms with van der Waals surface area (Å²) < 4.78 is 5.13. The number of benzene rings is 1. The normalized spacial score (nSPS) is 11.6. The number of hydrazone groups is 1. The zero-order valence-electron chi connectivity index (χ0n) is 10.8. The molecule has 0 atom stereocenters. The second kappa shape index (κ2) is 4.71. The summed E-state index contributed by atoms with van der Waals surface area (Å²) in [6, 6.07) is 11.4. The van der Waals surface area contributed by atoms with E-state index in [9.17, 15) is 0 Å². The van der Waals surface area contributed by atoms with Gasteiger partial charge in [0, 0.05) is 10.9 Å². The molecular formula is C14H10N6O. The maximum absolute atomic E-state index is 5.13. The van der Waals surface area contributed by atoms with E-state index in [1.807, 2.05) is 24.3 Å². The maximum atomic E-state index is 5.13. The Morgan fingerprint density at radius 3 is 3.00 bits per heavy atom. The number of aromatic amines is 1. The number of hydrogen-bond acceptors (Lipinski definition) is 6. The quantitative estimate of drug-likeness (QED) is 0.444. The molecular weight excluding hydrogens is 268 g/mol. The highest BCUT2D eigenvalue weighted by Crippen LogP contribution is 2.21. The molecule has 4 rings (SSSR count). The maximum Gasteiger partial charge on any atom is 0.265 e. The van der Waals surface area contributed by atoms with Gasteiger partial charge in [-0.05, 0) is 18.2 Å². The fourth-order valence-corrected chi connectivity index (χ4v) is 2.09. The van der Waals surface area contributed by atoms with E-state index in [1.165, 1.54) is 0 Å². The van der Waals surface area contributed by atoms with E-state index < -0.39 is 0 Å². The van der Waals surface area contributed by atoms with Gasteiger partial charge in [-0.25, -0.2) is 5.43 Å². The Balaban J connectivity index is 1.66. The molecule has 0 bridgehead atoms. The van der Waals surface area contributed by atoms with E-state index in [0.717, 1.165) is 16.4 Å². The number of H-pyrrole nitrogens is 1. The average molecular weight is 278 g/mol. The Hall–Kier alpha value is -3.22. The highest BCUT2D eigenvalue weighted by Gasteiger charge is 2.07. The SMILES string of the molecule is C(=N/Nc1nnc2c(n1)[nH]c1ccccc12)/c1ccco1. The van der Waals surface area contributed by atoms with Crippen molar-refractivity contribution in [3.63, 3.8) is 0 Å². The molecule has 1 aromatic carbocycles. The van der Waals surface area contributed by atoms with E-state index in [-0.39, 0.29) is 0 Å². The van der Waals surface area contributed by atoms with Crippen molar-refractivity contribution in [3.8, 4) is 0 Å². The molecule has 4 aromatic rings. The lowest BCUT2D eigenvalue weighted by Gasteiger charge is -1.96. The smallest absolute Gasteiger partial charge is 0.265 e. The highest BCUT2D eigenvalue weighted by molar-refractivity contribution is 6.03. The second-order valence-electron chi connectivity index (χ2n) is 4.39. The van der Waals surface area contributed by atoms with Crippen molar-refractivity contribution in [2.24, 2.45) is 5.10 Å². The first-order valence-corrected chi connectivity index (χ1v) is 6.34. The number of anilines is 1. The Morgan fingerprint density at radius 1 is 1.14 bits per heavy atom. The molecule has 102 valence electrons. The van der Waals surface area contributed by atoms with E-state index in [2.05, 4.69) is 30.7 Å². The van der Waals surface area contributed by atoms with Crippen LogP contribution < -0.4 is 5.43 Å². The van der Waals surface area contributed by atoms with Crippen LogP contribution >= 0.6 is 0 Å². The Kier molecular flexibility index (Phi) is 2.60. The van der Waals surface area contributed by atoms with Crippen molar-refractivity contribution < 1.29 is 4.42 Å². The summed E-state index contributed by atoms with van der Waals surface area (Å²) in [5.74, 6) is 0.957. The summed E-state index contributed by atoms with van der Waals surface area (Å²) in [7, 11) is 0. The molecule has 2 N–H and O–H groups in total. The first-order valence-electron chi connectivity index (χ1n) is 6.34. The van der Waals surface area contributed by atoms with Gasteiger partial charge in [-0.15, -0.1) is 10.2 Å². The van der Waals surface area contributed by atoms with E-state index in [4.69, 9.17) is 4.42 Å². The third-order valence-electron chi connectivity index (χ3n) is 3.02. The summed E-state index contributed by atoms with van der Waals surface area (Å²) in [6.45, 7) is 0. The summed E-state index contributed by atoms with van der Waals surface area (Å²) in [5, 5.41) is 13.2. The van der Waals surface area contributed by atoms with E-state index in [1.54, 1.807) is 24.6 Å². The highest BCUT2D eigenvalue weighted by atomic mass is 16.3. The zero-order valence-corrected chi connectivity index (χ0v) is 10.8. The first-order chi connectivity index (χ1) is 10.4. The van der Waals surface area contributed by atoms with Crippen molar-refractivity contribution in [1.29, 1.82) is 0 Å². The predicted molar refractivity (Wildman–Crippen MR) is 79.1 cm³/mol. The molecule has 0 aliphatic heterocycles. The van der Waals surface area contributed by atoms with Crippen molar-refractivity contribution in [2.45, 2.75) is 0 Å². The molecule has 0 unspecified atom stereocenters. The van der Waals surface area contributed by atoms with E-state index >= 15 is 0 Å². The van der Waals surface area contributed by atoms with Crippen molar-refractivity contribution in [1.82, 2.24) is 20.2 Å². The molecule has 0 spiro atoms. The van der Waals surface area contributed by atoms with Crippen LogP contribution in [-0.2, 0) is 0 Å². The lowest BCUT2D eigenvalue weighted by Crippen LogP contribution is -1.98. The Bertz CT molecular complexity index is 925. The van der Waals surface area contributed by atoms with Gasteiger partial charge in [0.05, 0.1) is 12.5 Å². The molecule has 0 saturated carbocycles. The third kappa shape index (κ3) is 2.10. The van der Waals surface area contributed by atoms with Crippen LogP contribution in [0.15, 0.2) is 52.2 Å². The predicted octanol–water partition coefficient (Wildman–Crippen LogP) is 2.55. The third-order valence-corrected chi connectivity index (χ3v) is 3.02. The molecule has 0 radical (unpaired) electrons. The Morgan fingerprint density at radius 2 is 2.10 bits per heavy atom. The zero-order chi connectivity index (χ0) is 14.1. The van der Waals surface area contributed by atoms with Gasteiger partial charge in [-0.2, -0.15) is 10.1 Å². The molecule has 0 aliphatic carbocycles. The standard InChI is InChI=1S/C14H10N6O/c1-2-6-11-10(5-1)12-13(16-11)17-14(20-18-12)19-15-8-9-4-3-7-21-9/h1-8H,(H2,16,17,19,20)/b15-8-. The van der Waals surface area contributed by atoms with Crippen LogP contribution in [-0.4, -0.2) is 26.4 Å². The van der Waals surface area contributed by atoms with Crippen LogP contribution in [0.2, 0.25) is 0 Å². The number of hydrogen-bond donors (Lipinski definition) is 2. The summed E-state index contributed by atoms with van der Waals surface area (Å²) in [4.78, 5) is 7.54. The van der Waals surface area contributed by atoms with Crippen LogP contribution in [0.25, 0.3) is 22.1 Å². The number of nitrogens with one attached hydrogen (secondary N) is 2. The summed E-state index contributed by atoms with van der Waals surface area (Å²) >= 11 is 0. The van der Waals surface area contributed by atoms with Crippen LogP contribution in [0.1, 0.15) is 5.76 Å². The van der Waals surface area contributed by atoms with Crippen molar-refractivity contribution in [2.75, 3.05) is 5.43 Å². The van der Waals surface area contributed by atoms with Gasteiger partial charge in [0.25, 0.3) is 5.95 Å². The second-order valence-corrected chi connectivity index (χ2v) is 4.39. The average Bonchev–Trinajstić information content (AvgIpc) is 3.13. The molecule has 0 amide bonds. The lowest BCUT2D eigenvalue weighted by atomic mass is 10.2. The largest absolute Gasteiger partial charge is 0.463 e. The number of nitrogens with zero attached hydrogens (tertiary/aromatic N) is 4. The number of furan rings is 1. The number of fused-ring (bicyclic) bond motifs is 3. The summed E-state index contributed by atoms with van der Waals surface area (Å²) in [6.07, 6.45) is 3.12. The fraction of sp³-hybridized carbons (Fsp3) is 0. The lowest BCUT2D eigenvalue weighted by molar-refractivity contribution is 0.560. The van der Waals surface area contributed by atoms with E-state index in [0.29, 0.717) is 17.4 Å². The molecule has 0 fully saturated rings. The molecule has 0 saturated heterocycles.